The lowest BCUT2D eigenvalue weighted by Crippen LogP contribution is -2.20. The van der Waals surface area contributed by atoms with Crippen LogP contribution in [0.5, 0.6) is 0 Å². The molecule has 0 atom stereocenters. The van der Waals surface area contributed by atoms with Crippen LogP contribution in [0.25, 0.3) is 0 Å². The molecule has 0 spiro atoms. The van der Waals surface area contributed by atoms with Crippen LogP contribution < -0.4 is 16.0 Å². The van der Waals surface area contributed by atoms with Crippen LogP contribution in [0, 0.1) is 18.3 Å². The number of para-hydroxylation sites is 1. The SMILES string of the molecule is Cc1ccc(C(=O)Nc2ccccc2)cc1NC(=O)Nc1cccc(C#N)c1. The van der Waals surface area contributed by atoms with Crippen molar-refractivity contribution in [1.29, 1.82) is 5.26 Å². The second kappa shape index (κ2) is 8.52. The third-order valence-corrected chi connectivity index (χ3v) is 4.03. The first kappa shape index (κ1) is 18.7. The number of carbonyl (C=O) groups excluding carboxylic acids is 2. The van der Waals surface area contributed by atoms with Crippen molar-refractivity contribution in [2.75, 3.05) is 16.0 Å². The Balaban J connectivity index is 1.71. The fourth-order valence-electron chi connectivity index (χ4n) is 2.57. The molecule has 3 aromatic rings. The molecule has 0 heterocycles. The van der Waals surface area contributed by atoms with Gasteiger partial charge in [-0.15, -0.1) is 0 Å². The van der Waals surface area contributed by atoms with Crippen molar-refractivity contribution in [3.63, 3.8) is 0 Å². The molecule has 0 aliphatic heterocycles. The summed E-state index contributed by atoms with van der Waals surface area (Å²) in [6.07, 6.45) is 0. The van der Waals surface area contributed by atoms with E-state index in [-0.39, 0.29) is 5.91 Å². The Morgan fingerprint density at radius 2 is 1.57 bits per heavy atom. The molecule has 138 valence electrons. The van der Waals surface area contributed by atoms with Crippen LogP contribution in [0.4, 0.5) is 21.9 Å². The summed E-state index contributed by atoms with van der Waals surface area (Å²) in [5.41, 5.74) is 3.42. The molecule has 3 rings (SSSR count). The van der Waals surface area contributed by atoms with Gasteiger partial charge in [0.25, 0.3) is 5.91 Å². The molecule has 0 unspecified atom stereocenters. The number of rotatable bonds is 4. The molecule has 0 aliphatic carbocycles. The largest absolute Gasteiger partial charge is 0.323 e. The zero-order valence-corrected chi connectivity index (χ0v) is 15.2. The summed E-state index contributed by atoms with van der Waals surface area (Å²) in [5, 5.41) is 17.2. The van der Waals surface area contributed by atoms with Crippen LogP contribution >= 0.6 is 0 Å². The van der Waals surface area contributed by atoms with E-state index in [0.29, 0.717) is 28.2 Å². The Labute approximate surface area is 162 Å². The van der Waals surface area contributed by atoms with Gasteiger partial charge in [0.1, 0.15) is 0 Å². The number of hydrogen-bond donors (Lipinski definition) is 3. The van der Waals surface area contributed by atoms with Crippen LogP contribution in [0.15, 0.2) is 72.8 Å². The Morgan fingerprint density at radius 1 is 0.821 bits per heavy atom. The van der Waals surface area contributed by atoms with Crippen molar-refractivity contribution in [2.24, 2.45) is 0 Å². The Hall–Kier alpha value is -4.11. The monoisotopic (exact) mass is 370 g/mol. The van der Waals surface area contributed by atoms with Gasteiger partial charge in [-0.1, -0.05) is 30.3 Å². The first-order chi connectivity index (χ1) is 13.5. The predicted molar refractivity (Wildman–Crippen MR) is 109 cm³/mol. The van der Waals surface area contributed by atoms with Gasteiger partial charge in [-0.25, -0.2) is 4.79 Å². The quantitative estimate of drug-likeness (QED) is 0.618. The van der Waals surface area contributed by atoms with Crippen molar-refractivity contribution in [1.82, 2.24) is 0 Å². The van der Waals surface area contributed by atoms with E-state index in [0.717, 1.165) is 5.56 Å². The lowest BCUT2D eigenvalue weighted by Gasteiger charge is -2.12. The highest BCUT2D eigenvalue weighted by Gasteiger charge is 2.11. The lowest BCUT2D eigenvalue weighted by molar-refractivity contribution is 0.102. The molecule has 0 saturated heterocycles. The molecule has 6 nitrogen and oxygen atoms in total. The second-order valence-electron chi connectivity index (χ2n) is 6.12. The molecule has 6 heteroatoms. The van der Waals surface area contributed by atoms with Crippen molar-refractivity contribution >= 4 is 29.0 Å². The number of amides is 3. The number of nitrogens with one attached hydrogen (secondary N) is 3. The zero-order chi connectivity index (χ0) is 19.9. The van der Waals surface area contributed by atoms with E-state index in [1.165, 1.54) is 0 Å². The molecule has 0 saturated carbocycles. The predicted octanol–water partition coefficient (Wildman–Crippen LogP) is 4.76. The summed E-state index contributed by atoms with van der Waals surface area (Å²) in [6.45, 7) is 1.84. The van der Waals surface area contributed by atoms with E-state index in [4.69, 9.17) is 5.26 Å². The molecule has 0 aliphatic rings. The molecule has 3 N–H and O–H groups in total. The van der Waals surface area contributed by atoms with E-state index < -0.39 is 6.03 Å². The summed E-state index contributed by atoms with van der Waals surface area (Å²) >= 11 is 0. The first-order valence-electron chi connectivity index (χ1n) is 8.60. The highest BCUT2D eigenvalue weighted by molar-refractivity contribution is 6.06. The van der Waals surface area contributed by atoms with Crippen molar-refractivity contribution in [2.45, 2.75) is 6.92 Å². The molecule has 0 fully saturated rings. The summed E-state index contributed by atoms with van der Waals surface area (Å²) in [7, 11) is 0. The average molecular weight is 370 g/mol. The summed E-state index contributed by atoms with van der Waals surface area (Å²) in [6, 6.07) is 22.4. The van der Waals surface area contributed by atoms with Gasteiger partial charge in [-0.2, -0.15) is 5.26 Å². The Morgan fingerprint density at radius 3 is 2.32 bits per heavy atom. The molecule has 0 aromatic heterocycles. The van der Waals surface area contributed by atoms with Gasteiger partial charge >= 0.3 is 6.03 Å². The number of hydrogen-bond acceptors (Lipinski definition) is 3. The van der Waals surface area contributed by atoms with Gasteiger partial charge in [0, 0.05) is 22.6 Å². The number of urea groups is 1. The van der Waals surface area contributed by atoms with Gasteiger partial charge < -0.3 is 16.0 Å². The number of benzene rings is 3. The van der Waals surface area contributed by atoms with Crippen molar-refractivity contribution < 1.29 is 9.59 Å². The minimum Gasteiger partial charge on any atom is -0.322 e. The third kappa shape index (κ3) is 4.74. The number of carbonyl (C=O) groups is 2. The topological polar surface area (TPSA) is 94.0 Å². The van der Waals surface area contributed by atoms with Gasteiger partial charge in [0.05, 0.1) is 11.6 Å². The fourth-order valence-corrected chi connectivity index (χ4v) is 2.57. The summed E-state index contributed by atoms with van der Waals surface area (Å²) < 4.78 is 0. The van der Waals surface area contributed by atoms with E-state index in [9.17, 15) is 9.59 Å². The zero-order valence-electron chi connectivity index (χ0n) is 15.2. The van der Waals surface area contributed by atoms with Crippen molar-refractivity contribution in [3.8, 4) is 6.07 Å². The maximum absolute atomic E-state index is 12.5. The molecule has 3 amide bonds. The van der Waals surface area contributed by atoms with Crippen LogP contribution in [0.3, 0.4) is 0 Å². The number of nitriles is 1. The minimum absolute atomic E-state index is 0.267. The standard InChI is InChI=1S/C22H18N4O2/c1-15-10-11-17(21(27)24-18-7-3-2-4-8-18)13-20(15)26-22(28)25-19-9-5-6-16(12-19)14-23/h2-13H,1H3,(H,24,27)(H2,25,26,28). The van der Waals surface area contributed by atoms with E-state index in [2.05, 4.69) is 16.0 Å². The van der Waals surface area contributed by atoms with Gasteiger partial charge in [0.15, 0.2) is 0 Å². The first-order valence-corrected chi connectivity index (χ1v) is 8.60. The van der Waals surface area contributed by atoms with E-state index >= 15 is 0 Å². The van der Waals surface area contributed by atoms with Gasteiger partial charge in [-0.3, -0.25) is 4.79 Å². The second-order valence-corrected chi connectivity index (χ2v) is 6.12. The molecule has 0 bridgehead atoms. The molecule has 0 radical (unpaired) electrons. The van der Waals surface area contributed by atoms with Crippen LogP contribution in [-0.2, 0) is 0 Å². The number of nitrogens with zero attached hydrogens (tertiary/aromatic N) is 1. The number of aryl methyl sites for hydroxylation is 1. The third-order valence-electron chi connectivity index (χ3n) is 4.03. The van der Waals surface area contributed by atoms with Crippen LogP contribution in [-0.4, -0.2) is 11.9 Å². The summed E-state index contributed by atoms with van der Waals surface area (Å²) in [5.74, 6) is -0.267. The maximum Gasteiger partial charge on any atom is 0.323 e. The highest BCUT2D eigenvalue weighted by atomic mass is 16.2. The molecule has 3 aromatic carbocycles. The molecular weight excluding hydrogens is 352 g/mol. The van der Waals surface area contributed by atoms with Crippen molar-refractivity contribution in [3.05, 3.63) is 89.5 Å². The van der Waals surface area contributed by atoms with Gasteiger partial charge in [0.2, 0.25) is 0 Å². The molecular formula is C22H18N4O2. The van der Waals surface area contributed by atoms with Gasteiger partial charge in [-0.05, 0) is 55.0 Å². The minimum atomic E-state index is -0.459. The van der Waals surface area contributed by atoms with Crippen LogP contribution in [0.2, 0.25) is 0 Å². The Bertz CT molecular complexity index is 1060. The number of anilines is 3. The van der Waals surface area contributed by atoms with E-state index in [1.54, 1.807) is 54.6 Å². The van der Waals surface area contributed by atoms with E-state index in [1.807, 2.05) is 31.2 Å². The average Bonchev–Trinajstić information content (AvgIpc) is 2.70. The van der Waals surface area contributed by atoms with Crippen LogP contribution in [0.1, 0.15) is 21.5 Å². The smallest absolute Gasteiger partial charge is 0.322 e. The Kier molecular flexibility index (Phi) is 5.68. The maximum atomic E-state index is 12.5. The molecule has 28 heavy (non-hydrogen) atoms. The lowest BCUT2D eigenvalue weighted by atomic mass is 10.1. The highest BCUT2D eigenvalue weighted by Crippen LogP contribution is 2.19. The summed E-state index contributed by atoms with van der Waals surface area (Å²) in [4.78, 5) is 24.8. The normalized spacial score (nSPS) is 9.86. The fraction of sp³-hybridized carbons (Fsp3) is 0.0455.